The highest BCUT2D eigenvalue weighted by Crippen LogP contribution is 2.27. The number of fused-ring (bicyclic) bond motifs is 1. The van der Waals surface area contributed by atoms with Crippen molar-refractivity contribution in [1.29, 1.82) is 0 Å². The van der Waals surface area contributed by atoms with Gasteiger partial charge >= 0.3 is 0 Å². The Bertz CT molecular complexity index is 1280. The summed E-state index contributed by atoms with van der Waals surface area (Å²) in [6.45, 7) is 6.04. The molecule has 0 aliphatic heterocycles. The van der Waals surface area contributed by atoms with Crippen LogP contribution >= 0.6 is 11.5 Å². The second kappa shape index (κ2) is 8.16. The van der Waals surface area contributed by atoms with E-state index in [1.165, 1.54) is 16.2 Å². The summed E-state index contributed by atoms with van der Waals surface area (Å²) in [5.41, 5.74) is 3.75. The minimum atomic E-state index is -0.544. The van der Waals surface area contributed by atoms with Crippen LogP contribution in [-0.4, -0.2) is 25.3 Å². The Balaban J connectivity index is 1.69. The molecule has 2 aromatic heterocycles. The van der Waals surface area contributed by atoms with Gasteiger partial charge in [0.2, 0.25) is 5.91 Å². The molecule has 0 spiro atoms. The Morgan fingerprint density at radius 1 is 1.20 bits per heavy atom. The average Bonchev–Trinajstić information content (AvgIpc) is 3.30. The number of aromatic nitrogens is 4. The van der Waals surface area contributed by atoms with Crippen LogP contribution < -0.4 is 10.9 Å². The molecule has 0 saturated heterocycles. The summed E-state index contributed by atoms with van der Waals surface area (Å²) < 4.78 is 5.31. The second-order valence-electron chi connectivity index (χ2n) is 7.08. The lowest BCUT2D eigenvalue weighted by Gasteiger charge is -2.17. The zero-order valence-electron chi connectivity index (χ0n) is 16.9. The summed E-state index contributed by atoms with van der Waals surface area (Å²) in [6.07, 6.45) is 0. The number of amides is 1. The molecule has 1 unspecified atom stereocenters. The van der Waals surface area contributed by atoms with Gasteiger partial charge in [0, 0.05) is 28.6 Å². The molecule has 0 saturated carbocycles. The fourth-order valence-corrected chi connectivity index (χ4v) is 3.83. The number of benzene rings is 2. The van der Waals surface area contributed by atoms with Crippen molar-refractivity contribution in [3.05, 3.63) is 69.5 Å². The normalized spacial score (nSPS) is 12.1. The third kappa shape index (κ3) is 3.61. The summed E-state index contributed by atoms with van der Waals surface area (Å²) in [5.74, 6) is -0.733. The molecule has 4 rings (SSSR count). The van der Waals surface area contributed by atoms with Gasteiger partial charge in [0.15, 0.2) is 0 Å². The highest BCUT2D eigenvalue weighted by atomic mass is 32.1. The topological polar surface area (TPSA) is 89.8 Å². The fraction of sp³-hybridized carbons (Fsp3) is 0.227. The Labute approximate surface area is 177 Å². The van der Waals surface area contributed by atoms with Crippen molar-refractivity contribution in [2.45, 2.75) is 33.2 Å². The van der Waals surface area contributed by atoms with E-state index in [0.717, 1.165) is 16.8 Å². The van der Waals surface area contributed by atoms with Crippen LogP contribution in [0, 0.1) is 6.92 Å². The minimum absolute atomic E-state index is 0.148. The van der Waals surface area contributed by atoms with Crippen molar-refractivity contribution in [3.63, 3.8) is 0 Å². The quantitative estimate of drug-likeness (QED) is 0.528. The number of carbonyl (C=O) groups excluding carboxylic acids is 1. The van der Waals surface area contributed by atoms with Crippen molar-refractivity contribution in [1.82, 2.24) is 19.4 Å². The summed E-state index contributed by atoms with van der Waals surface area (Å²) in [4.78, 5) is 25.7. The van der Waals surface area contributed by atoms with Crippen molar-refractivity contribution < 1.29 is 4.79 Å². The number of hydrogen-bond acceptors (Lipinski definition) is 6. The van der Waals surface area contributed by atoms with Crippen LogP contribution in [0.4, 0.5) is 5.69 Å². The lowest BCUT2D eigenvalue weighted by atomic mass is 10.00. The van der Waals surface area contributed by atoms with Gasteiger partial charge in [-0.3, -0.25) is 9.59 Å². The molecule has 0 aliphatic rings. The van der Waals surface area contributed by atoms with Gasteiger partial charge < -0.3 is 5.32 Å². The molecule has 8 heteroatoms. The molecule has 2 heterocycles. The van der Waals surface area contributed by atoms with Crippen LogP contribution in [-0.2, 0) is 11.3 Å². The molecule has 4 aromatic rings. The predicted octanol–water partition coefficient (Wildman–Crippen LogP) is 3.99. The molecular weight excluding hydrogens is 398 g/mol. The minimum Gasteiger partial charge on any atom is -0.325 e. The molecule has 2 aromatic carbocycles. The molecule has 0 fully saturated rings. The lowest BCUT2D eigenvalue weighted by molar-refractivity contribution is -0.117. The monoisotopic (exact) mass is 419 g/mol. The Morgan fingerprint density at radius 3 is 2.67 bits per heavy atom. The van der Waals surface area contributed by atoms with E-state index in [9.17, 15) is 9.59 Å². The van der Waals surface area contributed by atoms with Crippen LogP contribution in [0.2, 0.25) is 0 Å². The molecule has 1 N–H and O–H groups in total. The van der Waals surface area contributed by atoms with Crippen LogP contribution in [0.1, 0.15) is 31.0 Å². The molecule has 152 valence electrons. The van der Waals surface area contributed by atoms with E-state index in [-0.39, 0.29) is 11.5 Å². The first-order valence-corrected chi connectivity index (χ1v) is 10.5. The summed E-state index contributed by atoms with van der Waals surface area (Å²) in [5, 5.41) is 14.7. The summed E-state index contributed by atoms with van der Waals surface area (Å²) >= 11 is 1.28. The van der Waals surface area contributed by atoms with Crippen LogP contribution in [0.3, 0.4) is 0 Å². The first-order chi connectivity index (χ1) is 14.5. The molecule has 30 heavy (non-hydrogen) atoms. The van der Waals surface area contributed by atoms with Crippen molar-refractivity contribution >= 4 is 33.9 Å². The number of anilines is 1. The molecule has 0 bridgehead atoms. The van der Waals surface area contributed by atoms with E-state index in [4.69, 9.17) is 0 Å². The third-order valence-corrected chi connectivity index (χ3v) is 5.66. The number of aryl methyl sites for hydroxylation is 2. The van der Waals surface area contributed by atoms with E-state index in [1.807, 2.05) is 55.6 Å². The van der Waals surface area contributed by atoms with E-state index in [1.54, 1.807) is 13.0 Å². The average molecular weight is 420 g/mol. The van der Waals surface area contributed by atoms with E-state index in [2.05, 4.69) is 20.0 Å². The maximum atomic E-state index is 13.1. The van der Waals surface area contributed by atoms with Crippen molar-refractivity contribution in [2.24, 2.45) is 0 Å². The van der Waals surface area contributed by atoms with Crippen molar-refractivity contribution in [3.8, 4) is 11.3 Å². The van der Waals surface area contributed by atoms with Crippen LogP contribution in [0.25, 0.3) is 22.0 Å². The first kappa shape index (κ1) is 19.9. The largest absolute Gasteiger partial charge is 0.325 e. The third-order valence-electron chi connectivity index (χ3n) is 5.15. The maximum Gasteiger partial charge on any atom is 0.274 e. The van der Waals surface area contributed by atoms with E-state index >= 15 is 0 Å². The SMILES string of the molecule is CCn1nc(C(C)C(=O)Nc2cc(-c3csnn3)ccc2C)c2ccccc2c1=O. The standard InChI is InChI=1S/C22H21N5O2S/c1-4-27-22(29)17-8-6-5-7-16(17)20(25-27)14(3)21(28)23-18-11-15(10-9-13(18)2)19-12-30-26-24-19/h5-12,14H,4H2,1-3H3,(H,23,28). The Hall–Kier alpha value is -3.39. The Morgan fingerprint density at radius 2 is 1.97 bits per heavy atom. The zero-order chi connectivity index (χ0) is 21.3. The Kier molecular flexibility index (Phi) is 5.41. The van der Waals surface area contributed by atoms with Gasteiger partial charge in [-0.05, 0) is 50.0 Å². The smallest absolute Gasteiger partial charge is 0.274 e. The maximum absolute atomic E-state index is 13.1. The van der Waals surface area contributed by atoms with Gasteiger partial charge in [-0.1, -0.05) is 34.8 Å². The van der Waals surface area contributed by atoms with Gasteiger partial charge in [0.25, 0.3) is 5.56 Å². The van der Waals surface area contributed by atoms with E-state index < -0.39 is 5.92 Å². The lowest BCUT2D eigenvalue weighted by Crippen LogP contribution is -2.27. The number of nitrogens with zero attached hydrogens (tertiary/aromatic N) is 4. The zero-order valence-corrected chi connectivity index (χ0v) is 17.7. The van der Waals surface area contributed by atoms with Gasteiger partial charge in [-0.2, -0.15) is 5.10 Å². The van der Waals surface area contributed by atoms with Crippen LogP contribution in [0.5, 0.6) is 0 Å². The first-order valence-electron chi connectivity index (χ1n) is 9.68. The number of rotatable bonds is 5. The number of carbonyl (C=O) groups is 1. The van der Waals surface area contributed by atoms with Gasteiger partial charge in [-0.25, -0.2) is 4.68 Å². The molecular formula is C22H21N5O2S. The summed E-state index contributed by atoms with van der Waals surface area (Å²) in [6, 6.07) is 13.1. The van der Waals surface area contributed by atoms with Gasteiger partial charge in [-0.15, -0.1) is 5.10 Å². The van der Waals surface area contributed by atoms with Gasteiger partial charge in [0.05, 0.1) is 17.0 Å². The summed E-state index contributed by atoms with van der Waals surface area (Å²) in [7, 11) is 0. The number of hydrogen-bond donors (Lipinski definition) is 1. The van der Waals surface area contributed by atoms with Crippen LogP contribution in [0.15, 0.2) is 52.6 Å². The molecule has 7 nitrogen and oxygen atoms in total. The molecule has 0 aliphatic carbocycles. The predicted molar refractivity (Wildman–Crippen MR) is 119 cm³/mol. The van der Waals surface area contributed by atoms with E-state index in [0.29, 0.717) is 28.7 Å². The molecule has 1 atom stereocenters. The second-order valence-corrected chi connectivity index (χ2v) is 7.69. The fourth-order valence-electron chi connectivity index (χ4n) is 3.37. The van der Waals surface area contributed by atoms with Crippen molar-refractivity contribution in [2.75, 3.05) is 5.32 Å². The molecule has 0 radical (unpaired) electrons. The van der Waals surface area contributed by atoms with Gasteiger partial charge in [0.1, 0.15) is 5.69 Å². The molecule has 1 amide bonds. The highest BCUT2D eigenvalue weighted by Gasteiger charge is 2.22. The highest BCUT2D eigenvalue weighted by molar-refractivity contribution is 7.03. The number of nitrogens with one attached hydrogen (secondary N) is 1.